The van der Waals surface area contributed by atoms with E-state index >= 15 is 0 Å². The third kappa shape index (κ3) is 2.19. The minimum atomic E-state index is 0.134. The van der Waals surface area contributed by atoms with Crippen molar-refractivity contribution in [1.29, 1.82) is 0 Å². The fraction of sp³-hybridized carbons (Fsp3) is 0.211. The lowest BCUT2D eigenvalue weighted by Gasteiger charge is -2.20. The van der Waals surface area contributed by atoms with Crippen LogP contribution in [-0.2, 0) is 12.8 Å². The summed E-state index contributed by atoms with van der Waals surface area (Å²) in [5, 5.41) is 1.30. The second-order valence-corrected chi connectivity index (χ2v) is 5.79. The minimum absolute atomic E-state index is 0.134. The van der Waals surface area contributed by atoms with Gasteiger partial charge in [-0.25, -0.2) is 0 Å². The number of carbonyl (C=O) groups excluding carboxylic acids is 1. The van der Waals surface area contributed by atoms with Crippen molar-refractivity contribution in [3.05, 3.63) is 71.4 Å². The van der Waals surface area contributed by atoms with Gasteiger partial charge in [0.05, 0.1) is 0 Å². The van der Waals surface area contributed by atoms with Crippen molar-refractivity contribution in [2.75, 3.05) is 13.1 Å². The Morgan fingerprint density at radius 1 is 0.909 bits per heavy atom. The Morgan fingerprint density at radius 2 is 1.64 bits per heavy atom. The van der Waals surface area contributed by atoms with Gasteiger partial charge in [0, 0.05) is 41.7 Å². The molecule has 0 radical (unpaired) electrons. The maximum absolute atomic E-state index is 12.6. The average Bonchev–Trinajstić information content (AvgIpc) is 2.80. The van der Waals surface area contributed by atoms with Crippen molar-refractivity contribution in [3.63, 3.8) is 0 Å². The minimum Gasteiger partial charge on any atom is -0.358 e. The number of para-hydroxylation sites is 1. The van der Waals surface area contributed by atoms with E-state index in [9.17, 15) is 4.79 Å². The van der Waals surface area contributed by atoms with Crippen LogP contribution >= 0.6 is 0 Å². The van der Waals surface area contributed by atoms with Crippen molar-refractivity contribution in [1.82, 2.24) is 9.88 Å². The van der Waals surface area contributed by atoms with Crippen molar-refractivity contribution in [2.24, 2.45) is 0 Å². The van der Waals surface area contributed by atoms with E-state index in [-0.39, 0.29) is 5.91 Å². The summed E-state index contributed by atoms with van der Waals surface area (Å²) < 4.78 is 0. The highest BCUT2D eigenvalue weighted by molar-refractivity contribution is 5.94. The molecule has 0 saturated heterocycles. The highest BCUT2D eigenvalue weighted by atomic mass is 16.2. The Hall–Kier alpha value is -2.55. The monoisotopic (exact) mass is 290 g/mol. The molecule has 0 unspecified atom stereocenters. The van der Waals surface area contributed by atoms with E-state index in [4.69, 9.17) is 0 Å². The molecule has 0 aliphatic carbocycles. The summed E-state index contributed by atoms with van der Waals surface area (Å²) in [6, 6.07) is 18.0. The molecule has 4 rings (SSSR count). The zero-order valence-electron chi connectivity index (χ0n) is 12.4. The van der Waals surface area contributed by atoms with Gasteiger partial charge in [-0.1, -0.05) is 36.4 Å². The molecule has 3 heteroatoms. The lowest BCUT2D eigenvalue weighted by molar-refractivity contribution is 0.0763. The van der Waals surface area contributed by atoms with Gasteiger partial charge >= 0.3 is 0 Å². The molecule has 0 atom stereocenters. The lowest BCUT2D eigenvalue weighted by atomic mass is 10.1. The topological polar surface area (TPSA) is 36.1 Å². The summed E-state index contributed by atoms with van der Waals surface area (Å²) in [5.41, 5.74) is 4.64. The van der Waals surface area contributed by atoms with Gasteiger partial charge in [0.25, 0.3) is 5.91 Å². The molecule has 2 aromatic carbocycles. The summed E-state index contributed by atoms with van der Waals surface area (Å²) in [6.07, 6.45) is 1.81. The van der Waals surface area contributed by atoms with Crippen LogP contribution in [0.3, 0.4) is 0 Å². The summed E-state index contributed by atoms with van der Waals surface area (Å²) in [6.45, 7) is 1.55. The first-order valence-corrected chi connectivity index (χ1v) is 7.76. The molecule has 0 spiro atoms. The van der Waals surface area contributed by atoms with E-state index in [0.717, 1.165) is 31.5 Å². The van der Waals surface area contributed by atoms with Gasteiger partial charge in [-0.15, -0.1) is 0 Å². The third-order valence-corrected chi connectivity index (χ3v) is 4.47. The van der Waals surface area contributed by atoms with E-state index < -0.39 is 0 Å². The molecule has 3 aromatic rings. The normalized spacial score (nSPS) is 14.6. The summed E-state index contributed by atoms with van der Waals surface area (Å²) in [7, 11) is 0. The van der Waals surface area contributed by atoms with E-state index in [1.807, 2.05) is 35.2 Å². The quantitative estimate of drug-likeness (QED) is 0.732. The average molecular weight is 290 g/mol. The zero-order valence-corrected chi connectivity index (χ0v) is 12.4. The number of amides is 1. The number of benzene rings is 2. The first-order valence-electron chi connectivity index (χ1n) is 7.76. The maximum Gasteiger partial charge on any atom is 0.253 e. The smallest absolute Gasteiger partial charge is 0.253 e. The Bertz CT molecular complexity index is 820. The van der Waals surface area contributed by atoms with E-state index in [1.54, 1.807) is 0 Å². The fourth-order valence-corrected chi connectivity index (χ4v) is 3.33. The first kappa shape index (κ1) is 13.1. The molecule has 1 aliphatic heterocycles. The van der Waals surface area contributed by atoms with Gasteiger partial charge in [0.1, 0.15) is 0 Å². The standard InChI is InChI=1S/C19H18N2O/c22-19(14-6-2-1-3-7-14)21-12-10-16-15-8-4-5-9-17(15)20-18(16)11-13-21/h1-9,20H,10-13H2. The number of hydrogen-bond donors (Lipinski definition) is 1. The number of H-pyrrole nitrogens is 1. The number of aromatic amines is 1. The number of nitrogens with zero attached hydrogens (tertiary/aromatic N) is 1. The Morgan fingerprint density at radius 3 is 2.50 bits per heavy atom. The van der Waals surface area contributed by atoms with Crippen molar-refractivity contribution < 1.29 is 4.79 Å². The van der Waals surface area contributed by atoms with E-state index in [1.165, 1.54) is 22.2 Å². The molecule has 2 heterocycles. The summed E-state index contributed by atoms with van der Waals surface area (Å²) in [5.74, 6) is 0.134. The van der Waals surface area contributed by atoms with Crippen LogP contribution in [0, 0.1) is 0 Å². The maximum atomic E-state index is 12.6. The van der Waals surface area contributed by atoms with Crippen LogP contribution in [0.5, 0.6) is 0 Å². The van der Waals surface area contributed by atoms with E-state index in [0.29, 0.717) is 0 Å². The molecular formula is C19H18N2O. The Labute approximate surface area is 129 Å². The van der Waals surface area contributed by atoms with Crippen molar-refractivity contribution in [3.8, 4) is 0 Å². The molecule has 0 saturated carbocycles. The second kappa shape index (κ2) is 5.34. The number of aromatic nitrogens is 1. The molecule has 0 fully saturated rings. The van der Waals surface area contributed by atoms with Crippen molar-refractivity contribution in [2.45, 2.75) is 12.8 Å². The Kier molecular flexibility index (Phi) is 3.19. The molecule has 1 N–H and O–H groups in total. The van der Waals surface area contributed by atoms with Gasteiger partial charge in [-0.05, 0) is 30.2 Å². The van der Waals surface area contributed by atoms with Crippen LogP contribution in [0.4, 0.5) is 0 Å². The SMILES string of the molecule is O=C(c1ccccc1)N1CCc2[nH]c3ccccc3c2CC1. The van der Waals surface area contributed by atoms with Crippen LogP contribution in [0.15, 0.2) is 54.6 Å². The molecular weight excluding hydrogens is 272 g/mol. The lowest BCUT2D eigenvalue weighted by Crippen LogP contribution is -2.33. The highest BCUT2D eigenvalue weighted by Gasteiger charge is 2.21. The fourth-order valence-electron chi connectivity index (χ4n) is 3.33. The van der Waals surface area contributed by atoms with Gasteiger partial charge in [-0.3, -0.25) is 4.79 Å². The Balaban J connectivity index is 1.60. The van der Waals surface area contributed by atoms with E-state index in [2.05, 4.69) is 29.2 Å². The van der Waals surface area contributed by atoms with Gasteiger partial charge in [0.2, 0.25) is 0 Å². The van der Waals surface area contributed by atoms with Crippen LogP contribution in [0.2, 0.25) is 0 Å². The molecule has 1 amide bonds. The molecule has 3 nitrogen and oxygen atoms in total. The van der Waals surface area contributed by atoms with Gasteiger partial charge < -0.3 is 9.88 Å². The van der Waals surface area contributed by atoms with Crippen LogP contribution in [0.25, 0.3) is 10.9 Å². The molecule has 0 bridgehead atoms. The molecule has 22 heavy (non-hydrogen) atoms. The van der Waals surface area contributed by atoms with Crippen molar-refractivity contribution >= 4 is 16.8 Å². The number of fused-ring (bicyclic) bond motifs is 3. The second-order valence-electron chi connectivity index (χ2n) is 5.79. The van der Waals surface area contributed by atoms with Crippen LogP contribution < -0.4 is 0 Å². The summed E-state index contributed by atoms with van der Waals surface area (Å²) in [4.78, 5) is 18.1. The summed E-state index contributed by atoms with van der Waals surface area (Å²) >= 11 is 0. The molecule has 1 aliphatic rings. The predicted octanol–water partition coefficient (Wildman–Crippen LogP) is 3.41. The third-order valence-electron chi connectivity index (χ3n) is 4.47. The number of carbonyl (C=O) groups is 1. The largest absolute Gasteiger partial charge is 0.358 e. The molecule has 1 aromatic heterocycles. The van der Waals surface area contributed by atoms with Gasteiger partial charge in [-0.2, -0.15) is 0 Å². The zero-order chi connectivity index (χ0) is 14.9. The first-order chi connectivity index (χ1) is 10.8. The predicted molar refractivity (Wildman–Crippen MR) is 88.1 cm³/mol. The number of hydrogen-bond acceptors (Lipinski definition) is 1. The van der Waals surface area contributed by atoms with Crippen LogP contribution in [0.1, 0.15) is 21.6 Å². The highest BCUT2D eigenvalue weighted by Crippen LogP contribution is 2.26. The van der Waals surface area contributed by atoms with Gasteiger partial charge in [0.15, 0.2) is 0 Å². The number of nitrogens with one attached hydrogen (secondary N) is 1. The number of rotatable bonds is 1. The molecule has 110 valence electrons. The van der Waals surface area contributed by atoms with Crippen LogP contribution in [-0.4, -0.2) is 28.9 Å².